The van der Waals surface area contributed by atoms with Gasteiger partial charge in [-0.1, -0.05) is 29.8 Å². The number of nitrogens with one attached hydrogen (secondary N) is 1. The fourth-order valence-corrected chi connectivity index (χ4v) is 3.86. The number of rotatable bonds is 3. The highest BCUT2D eigenvalue weighted by Crippen LogP contribution is 2.30. The Bertz CT molecular complexity index is 1190. The van der Waals surface area contributed by atoms with E-state index in [1.807, 2.05) is 31.2 Å². The molecule has 4 rings (SSSR count). The minimum Gasteiger partial charge on any atom is -0.277 e. The van der Waals surface area contributed by atoms with Crippen LogP contribution < -0.4 is 4.72 Å². The van der Waals surface area contributed by atoms with Gasteiger partial charge in [0.2, 0.25) is 0 Å². The van der Waals surface area contributed by atoms with E-state index in [-0.39, 0.29) is 4.90 Å². The van der Waals surface area contributed by atoms with Crippen LogP contribution in [0.1, 0.15) is 5.56 Å². The van der Waals surface area contributed by atoms with Gasteiger partial charge in [0, 0.05) is 23.2 Å². The van der Waals surface area contributed by atoms with Gasteiger partial charge in [-0.2, -0.15) is 0 Å². The molecule has 5 nitrogen and oxygen atoms in total. The summed E-state index contributed by atoms with van der Waals surface area (Å²) >= 11 is 0. The van der Waals surface area contributed by atoms with E-state index < -0.39 is 10.0 Å². The van der Waals surface area contributed by atoms with Crippen LogP contribution in [0.3, 0.4) is 0 Å². The van der Waals surface area contributed by atoms with E-state index in [1.54, 1.807) is 42.7 Å². The Labute approximate surface area is 145 Å². The lowest BCUT2D eigenvalue weighted by Gasteiger charge is -2.12. The summed E-state index contributed by atoms with van der Waals surface area (Å²) in [6, 6.07) is 16.0. The van der Waals surface area contributed by atoms with Crippen molar-refractivity contribution in [2.24, 2.45) is 0 Å². The first-order valence-corrected chi connectivity index (χ1v) is 9.25. The van der Waals surface area contributed by atoms with Crippen molar-refractivity contribution < 1.29 is 8.42 Å². The molecule has 0 aliphatic rings. The molecule has 0 fully saturated rings. The predicted molar refractivity (Wildman–Crippen MR) is 99.0 cm³/mol. The van der Waals surface area contributed by atoms with Gasteiger partial charge in [-0.05, 0) is 37.3 Å². The van der Waals surface area contributed by atoms with Crippen LogP contribution in [0, 0.1) is 6.92 Å². The van der Waals surface area contributed by atoms with E-state index in [1.165, 1.54) is 0 Å². The standard InChI is InChI=1S/C19H15N3O2S/c1-13-6-8-14(9-7-13)25(23,24)22-18-12-17-15(4-2-10-20-17)16-5-3-11-21-19(16)18/h2-12,22H,1H3. The molecule has 4 aromatic rings. The topological polar surface area (TPSA) is 72.0 Å². The van der Waals surface area contributed by atoms with Gasteiger partial charge in [-0.15, -0.1) is 0 Å². The van der Waals surface area contributed by atoms with Crippen LogP contribution in [0.4, 0.5) is 5.69 Å². The van der Waals surface area contributed by atoms with Crippen molar-refractivity contribution in [3.8, 4) is 0 Å². The van der Waals surface area contributed by atoms with Crippen LogP contribution in [-0.2, 0) is 10.0 Å². The lowest BCUT2D eigenvalue weighted by molar-refractivity contribution is 0.601. The molecule has 0 unspecified atom stereocenters. The number of pyridine rings is 2. The van der Waals surface area contributed by atoms with Gasteiger partial charge >= 0.3 is 0 Å². The van der Waals surface area contributed by atoms with E-state index in [4.69, 9.17) is 0 Å². The maximum atomic E-state index is 12.7. The van der Waals surface area contributed by atoms with Crippen LogP contribution in [0.15, 0.2) is 71.9 Å². The molecule has 0 bridgehead atoms. The first kappa shape index (κ1) is 15.5. The highest BCUT2D eigenvalue weighted by molar-refractivity contribution is 7.92. The van der Waals surface area contributed by atoms with Crippen molar-refractivity contribution in [2.45, 2.75) is 11.8 Å². The Kier molecular flexibility index (Phi) is 3.62. The zero-order chi connectivity index (χ0) is 17.4. The Hall–Kier alpha value is -2.99. The van der Waals surface area contributed by atoms with E-state index in [0.29, 0.717) is 16.7 Å². The highest BCUT2D eigenvalue weighted by atomic mass is 32.2. The maximum Gasteiger partial charge on any atom is 0.261 e. The summed E-state index contributed by atoms with van der Waals surface area (Å²) in [6.07, 6.45) is 3.33. The van der Waals surface area contributed by atoms with Crippen LogP contribution in [0.2, 0.25) is 0 Å². The number of anilines is 1. The third kappa shape index (κ3) is 2.81. The lowest BCUT2D eigenvalue weighted by atomic mass is 10.1. The average Bonchev–Trinajstić information content (AvgIpc) is 2.62. The normalized spacial score (nSPS) is 11.7. The first-order valence-electron chi connectivity index (χ1n) is 7.76. The van der Waals surface area contributed by atoms with Gasteiger partial charge in [-0.3, -0.25) is 14.7 Å². The van der Waals surface area contributed by atoms with Crippen LogP contribution >= 0.6 is 0 Å². The van der Waals surface area contributed by atoms with Crippen molar-refractivity contribution in [3.63, 3.8) is 0 Å². The third-order valence-corrected chi connectivity index (χ3v) is 5.43. The molecule has 0 amide bonds. The molecule has 2 aromatic carbocycles. The Morgan fingerprint density at radius 1 is 0.880 bits per heavy atom. The summed E-state index contributed by atoms with van der Waals surface area (Å²) in [4.78, 5) is 8.92. The van der Waals surface area contributed by atoms with Gasteiger partial charge in [0.25, 0.3) is 10.0 Å². The second-order valence-corrected chi connectivity index (χ2v) is 7.49. The molecule has 0 saturated heterocycles. The largest absolute Gasteiger partial charge is 0.277 e. The first-order chi connectivity index (χ1) is 12.0. The molecule has 1 N–H and O–H groups in total. The summed E-state index contributed by atoms with van der Waals surface area (Å²) in [5.74, 6) is 0. The fraction of sp³-hybridized carbons (Fsp3) is 0.0526. The fourth-order valence-electron chi connectivity index (χ4n) is 2.80. The number of hydrogen-bond donors (Lipinski definition) is 1. The number of aryl methyl sites for hydroxylation is 1. The smallest absolute Gasteiger partial charge is 0.261 e. The second kappa shape index (κ2) is 5.82. The van der Waals surface area contributed by atoms with E-state index in [2.05, 4.69) is 14.7 Å². The molecular formula is C19H15N3O2S. The molecule has 0 aliphatic carbocycles. The molecule has 0 aliphatic heterocycles. The molecule has 2 aromatic heterocycles. The number of fused-ring (bicyclic) bond motifs is 3. The van der Waals surface area contributed by atoms with Crippen LogP contribution in [0.25, 0.3) is 21.8 Å². The quantitative estimate of drug-likeness (QED) is 0.570. The summed E-state index contributed by atoms with van der Waals surface area (Å²) in [7, 11) is -3.71. The van der Waals surface area contributed by atoms with Gasteiger partial charge in [-0.25, -0.2) is 8.42 Å². The number of nitrogens with zero attached hydrogens (tertiary/aromatic N) is 2. The molecular weight excluding hydrogens is 334 g/mol. The van der Waals surface area contributed by atoms with Gasteiger partial charge in [0.15, 0.2) is 0 Å². The van der Waals surface area contributed by atoms with Crippen LogP contribution in [0.5, 0.6) is 0 Å². The SMILES string of the molecule is Cc1ccc(S(=O)(=O)Nc2cc3ncccc3c3cccnc23)cc1. The third-order valence-electron chi connectivity index (χ3n) is 4.05. The van der Waals surface area contributed by atoms with Gasteiger partial charge in [0.05, 0.1) is 21.6 Å². The second-order valence-electron chi connectivity index (χ2n) is 5.81. The van der Waals surface area contributed by atoms with E-state index >= 15 is 0 Å². The van der Waals surface area contributed by atoms with Crippen molar-refractivity contribution in [3.05, 3.63) is 72.6 Å². The van der Waals surface area contributed by atoms with Crippen molar-refractivity contribution >= 4 is 37.5 Å². The zero-order valence-corrected chi connectivity index (χ0v) is 14.3. The minimum absolute atomic E-state index is 0.211. The number of benzene rings is 2. The molecule has 0 atom stereocenters. The molecule has 0 radical (unpaired) electrons. The number of hydrogen-bond acceptors (Lipinski definition) is 4. The molecule has 0 saturated carbocycles. The van der Waals surface area contributed by atoms with Gasteiger partial charge in [0.1, 0.15) is 0 Å². The molecule has 6 heteroatoms. The summed E-state index contributed by atoms with van der Waals surface area (Å²) in [5.41, 5.74) is 2.73. The molecule has 25 heavy (non-hydrogen) atoms. The number of aromatic nitrogens is 2. The van der Waals surface area contributed by atoms with Crippen molar-refractivity contribution in [2.75, 3.05) is 4.72 Å². The summed E-state index contributed by atoms with van der Waals surface area (Å²) < 4.78 is 28.1. The molecule has 0 spiro atoms. The summed E-state index contributed by atoms with van der Waals surface area (Å²) in [5, 5.41) is 1.79. The monoisotopic (exact) mass is 349 g/mol. The van der Waals surface area contributed by atoms with Crippen molar-refractivity contribution in [1.29, 1.82) is 0 Å². The highest BCUT2D eigenvalue weighted by Gasteiger charge is 2.17. The Balaban J connectivity index is 1.89. The molecule has 124 valence electrons. The lowest BCUT2D eigenvalue weighted by Crippen LogP contribution is -2.13. The van der Waals surface area contributed by atoms with Crippen LogP contribution in [-0.4, -0.2) is 18.4 Å². The van der Waals surface area contributed by atoms with Crippen molar-refractivity contribution in [1.82, 2.24) is 9.97 Å². The van der Waals surface area contributed by atoms with Gasteiger partial charge < -0.3 is 0 Å². The van der Waals surface area contributed by atoms with E-state index in [9.17, 15) is 8.42 Å². The predicted octanol–water partition coefficient (Wildman–Crippen LogP) is 3.89. The summed E-state index contributed by atoms with van der Waals surface area (Å²) in [6.45, 7) is 1.91. The minimum atomic E-state index is -3.71. The van der Waals surface area contributed by atoms with E-state index in [0.717, 1.165) is 16.3 Å². The maximum absolute atomic E-state index is 12.7. The Morgan fingerprint density at radius 3 is 2.32 bits per heavy atom. The zero-order valence-electron chi connectivity index (χ0n) is 13.5. The number of sulfonamides is 1. The Morgan fingerprint density at radius 2 is 1.56 bits per heavy atom. The average molecular weight is 349 g/mol. The molecule has 2 heterocycles.